The smallest absolute Gasteiger partial charge is 0.130 e. The van der Waals surface area contributed by atoms with Gasteiger partial charge >= 0.3 is 0 Å². The van der Waals surface area contributed by atoms with Gasteiger partial charge in [0.05, 0.1) is 18.8 Å². The highest BCUT2D eigenvalue weighted by Gasteiger charge is 2.30. The lowest BCUT2D eigenvalue weighted by Crippen LogP contribution is -2.22. The summed E-state index contributed by atoms with van der Waals surface area (Å²) in [6, 6.07) is 5.68. The molecule has 120 valence electrons. The van der Waals surface area contributed by atoms with Crippen LogP contribution in [0.15, 0.2) is 18.2 Å². The topological polar surface area (TPSA) is 47.9 Å². The van der Waals surface area contributed by atoms with Crippen LogP contribution in [0.4, 0.5) is 0 Å². The molecule has 0 bridgehead atoms. The highest BCUT2D eigenvalue weighted by molar-refractivity contribution is 5.48. The van der Waals surface area contributed by atoms with Crippen molar-refractivity contribution in [1.82, 2.24) is 0 Å². The highest BCUT2D eigenvalue weighted by atomic mass is 17.1. The molecule has 1 rings (SSSR count). The van der Waals surface area contributed by atoms with Crippen LogP contribution in [0.3, 0.4) is 0 Å². The van der Waals surface area contributed by atoms with Gasteiger partial charge < -0.3 is 9.47 Å². The van der Waals surface area contributed by atoms with Gasteiger partial charge in [0, 0.05) is 0 Å². The Morgan fingerprint density at radius 1 is 0.952 bits per heavy atom. The van der Waals surface area contributed by atoms with E-state index in [1.165, 1.54) is 0 Å². The molecule has 0 aliphatic carbocycles. The van der Waals surface area contributed by atoms with Crippen molar-refractivity contribution in [1.29, 1.82) is 0 Å². The summed E-state index contributed by atoms with van der Waals surface area (Å²) in [6.07, 6.45) is 4.12. The van der Waals surface area contributed by atoms with Gasteiger partial charge in [-0.25, -0.2) is 4.89 Å². The van der Waals surface area contributed by atoms with Gasteiger partial charge in [0.2, 0.25) is 0 Å². The van der Waals surface area contributed by atoms with Crippen molar-refractivity contribution in [3.05, 3.63) is 23.8 Å². The first-order valence-corrected chi connectivity index (χ1v) is 7.78. The lowest BCUT2D eigenvalue weighted by Gasteiger charge is -2.26. The minimum atomic E-state index is -0.885. The number of ether oxygens (including phenoxy) is 2. The molecule has 1 aromatic rings. The second kappa shape index (κ2) is 8.90. The summed E-state index contributed by atoms with van der Waals surface area (Å²) in [4.78, 5) is 4.66. The van der Waals surface area contributed by atoms with Crippen LogP contribution in [0.5, 0.6) is 11.5 Å². The van der Waals surface area contributed by atoms with Crippen LogP contribution in [0.2, 0.25) is 0 Å². The van der Waals surface area contributed by atoms with Crippen molar-refractivity contribution >= 4 is 0 Å². The van der Waals surface area contributed by atoms with Crippen molar-refractivity contribution in [2.75, 3.05) is 13.2 Å². The van der Waals surface area contributed by atoms with E-state index in [1.807, 2.05) is 18.2 Å². The molecule has 1 N–H and O–H groups in total. The first-order valence-electron chi connectivity index (χ1n) is 7.78. The Labute approximate surface area is 128 Å². The molecule has 0 unspecified atom stereocenters. The SMILES string of the molecule is CCCCOc1cccc(OCCCC)c1C(C)(C)OO. The van der Waals surface area contributed by atoms with Crippen molar-refractivity contribution in [2.24, 2.45) is 0 Å². The molecule has 0 saturated heterocycles. The zero-order valence-corrected chi connectivity index (χ0v) is 13.6. The average Bonchev–Trinajstić information content (AvgIpc) is 2.48. The summed E-state index contributed by atoms with van der Waals surface area (Å²) in [7, 11) is 0. The summed E-state index contributed by atoms with van der Waals surface area (Å²) < 4.78 is 11.7. The second-order valence-electron chi connectivity index (χ2n) is 5.63. The molecule has 0 aliphatic heterocycles. The van der Waals surface area contributed by atoms with Crippen LogP contribution in [-0.4, -0.2) is 18.5 Å². The third-order valence-corrected chi connectivity index (χ3v) is 3.33. The maximum Gasteiger partial charge on any atom is 0.130 e. The van der Waals surface area contributed by atoms with Crippen LogP contribution in [0.25, 0.3) is 0 Å². The Morgan fingerprint density at radius 2 is 1.43 bits per heavy atom. The normalized spacial score (nSPS) is 11.5. The largest absolute Gasteiger partial charge is 0.493 e. The molecule has 0 heterocycles. The first-order chi connectivity index (χ1) is 10.1. The molecule has 4 heteroatoms. The Kier molecular flexibility index (Phi) is 7.54. The van der Waals surface area contributed by atoms with E-state index in [9.17, 15) is 5.26 Å². The summed E-state index contributed by atoms with van der Waals surface area (Å²) in [5.74, 6) is 1.41. The molecule has 0 amide bonds. The van der Waals surface area contributed by atoms with E-state index < -0.39 is 5.60 Å². The standard InChI is InChI=1S/C17H28O4/c1-5-7-12-19-14-10-9-11-15(20-13-8-6-2)16(14)17(3,4)21-18/h9-11,18H,5-8,12-13H2,1-4H3. The van der Waals surface area contributed by atoms with E-state index in [0.29, 0.717) is 24.7 Å². The number of hydrogen-bond donors (Lipinski definition) is 1. The lowest BCUT2D eigenvalue weighted by molar-refractivity contribution is -0.318. The summed E-state index contributed by atoms with van der Waals surface area (Å²) >= 11 is 0. The van der Waals surface area contributed by atoms with E-state index >= 15 is 0 Å². The monoisotopic (exact) mass is 296 g/mol. The number of benzene rings is 1. The van der Waals surface area contributed by atoms with E-state index in [-0.39, 0.29) is 0 Å². The molecule has 1 aromatic carbocycles. The molecule has 0 saturated carbocycles. The fraction of sp³-hybridized carbons (Fsp3) is 0.647. The minimum absolute atomic E-state index is 0.642. The predicted molar refractivity (Wildman–Crippen MR) is 84.0 cm³/mol. The lowest BCUT2D eigenvalue weighted by atomic mass is 9.96. The molecule has 0 aliphatic rings. The molecular weight excluding hydrogens is 268 g/mol. The van der Waals surface area contributed by atoms with Gasteiger partial charge in [0.25, 0.3) is 0 Å². The maximum absolute atomic E-state index is 9.23. The number of hydrogen-bond acceptors (Lipinski definition) is 4. The van der Waals surface area contributed by atoms with E-state index in [4.69, 9.17) is 9.47 Å². The summed E-state index contributed by atoms with van der Waals surface area (Å²) in [5, 5.41) is 9.23. The fourth-order valence-corrected chi connectivity index (χ4v) is 2.04. The van der Waals surface area contributed by atoms with Crippen LogP contribution in [-0.2, 0) is 10.5 Å². The maximum atomic E-state index is 9.23. The Hall–Kier alpha value is -1.26. The summed E-state index contributed by atoms with van der Waals surface area (Å²) in [6.45, 7) is 9.11. The third-order valence-electron chi connectivity index (χ3n) is 3.33. The van der Waals surface area contributed by atoms with Gasteiger partial charge in [-0.15, -0.1) is 0 Å². The van der Waals surface area contributed by atoms with Gasteiger partial charge in [-0.1, -0.05) is 32.8 Å². The van der Waals surface area contributed by atoms with Gasteiger partial charge in [-0.05, 0) is 38.8 Å². The molecule has 0 atom stereocenters. The molecule has 4 nitrogen and oxygen atoms in total. The van der Waals surface area contributed by atoms with Gasteiger partial charge in [-0.2, -0.15) is 0 Å². The van der Waals surface area contributed by atoms with Crippen molar-refractivity contribution in [3.8, 4) is 11.5 Å². The van der Waals surface area contributed by atoms with Crippen molar-refractivity contribution in [3.63, 3.8) is 0 Å². The Morgan fingerprint density at radius 3 is 1.81 bits per heavy atom. The molecule has 0 radical (unpaired) electrons. The average molecular weight is 296 g/mol. The van der Waals surface area contributed by atoms with Gasteiger partial charge in [0.1, 0.15) is 17.1 Å². The quantitative estimate of drug-likeness (QED) is 0.384. The van der Waals surface area contributed by atoms with Crippen molar-refractivity contribution < 1.29 is 19.6 Å². The Bertz CT molecular complexity index is 387. The predicted octanol–water partition coefficient (Wildman–Crippen LogP) is 4.77. The third kappa shape index (κ3) is 5.21. The molecule has 0 aromatic heterocycles. The van der Waals surface area contributed by atoms with Crippen LogP contribution in [0, 0.1) is 0 Å². The van der Waals surface area contributed by atoms with Crippen LogP contribution < -0.4 is 9.47 Å². The molecule has 0 spiro atoms. The fourth-order valence-electron chi connectivity index (χ4n) is 2.04. The zero-order chi connectivity index (χ0) is 15.7. The Balaban J connectivity index is 3.02. The van der Waals surface area contributed by atoms with E-state index in [2.05, 4.69) is 18.7 Å². The zero-order valence-electron chi connectivity index (χ0n) is 13.6. The molecule has 21 heavy (non-hydrogen) atoms. The number of unbranched alkanes of at least 4 members (excludes halogenated alkanes) is 2. The van der Waals surface area contributed by atoms with E-state index in [1.54, 1.807) is 13.8 Å². The van der Waals surface area contributed by atoms with E-state index in [0.717, 1.165) is 31.2 Å². The second-order valence-corrected chi connectivity index (χ2v) is 5.63. The summed E-state index contributed by atoms with van der Waals surface area (Å²) in [5.41, 5.74) is -0.135. The van der Waals surface area contributed by atoms with Gasteiger partial charge in [-0.3, -0.25) is 5.26 Å². The highest BCUT2D eigenvalue weighted by Crippen LogP contribution is 2.39. The molecule has 0 fully saturated rings. The number of rotatable bonds is 10. The van der Waals surface area contributed by atoms with Gasteiger partial charge in [0.15, 0.2) is 0 Å². The first kappa shape index (κ1) is 17.8. The van der Waals surface area contributed by atoms with Crippen LogP contribution >= 0.6 is 0 Å². The van der Waals surface area contributed by atoms with Crippen LogP contribution in [0.1, 0.15) is 58.9 Å². The minimum Gasteiger partial charge on any atom is -0.493 e. The van der Waals surface area contributed by atoms with Crippen molar-refractivity contribution in [2.45, 2.75) is 59.0 Å². The molecular formula is C17H28O4.